The van der Waals surface area contributed by atoms with E-state index in [1.54, 1.807) is 18.5 Å². The average Bonchev–Trinajstić information content (AvgIpc) is 2.86. The summed E-state index contributed by atoms with van der Waals surface area (Å²) in [6.45, 7) is 7.03. The molecule has 1 fully saturated rings. The maximum atomic E-state index is 11.5. The smallest absolute Gasteiger partial charge is 0.337 e. The Bertz CT molecular complexity index is 690. The van der Waals surface area contributed by atoms with Crippen molar-refractivity contribution in [3.63, 3.8) is 0 Å². The number of para-hydroxylation sites is 1. The van der Waals surface area contributed by atoms with E-state index >= 15 is 0 Å². The van der Waals surface area contributed by atoms with Crippen molar-refractivity contribution in [1.29, 1.82) is 0 Å². The Kier molecular flexibility index (Phi) is 3.24. The van der Waals surface area contributed by atoms with E-state index in [2.05, 4.69) is 18.8 Å². The van der Waals surface area contributed by atoms with E-state index in [-0.39, 0.29) is 17.6 Å². The van der Waals surface area contributed by atoms with Gasteiger partial charge in [0.05, 0.1) is 29.0 Å². The van der Waals surface area contributed by atoms with Crippen LogP contribution in [0, 0.1) is 5.41 Å². The molecule has 2 atom stereocenters. The van der Waals surface area contributed by atoms with Crippen molar-refractivity contribution in [2.24, 2.45) is 5.41 Å². The second-order valence-electron chi connectivity index (χ2n) is 6.15. The van der Waals surface area contributed by atoms with Gasteiger partial charge in [0.25, 0.3) is 0 Å². The predicted octanol–water partition coefficient (Wildman–Crippen LogP) is 3.11. The van der Waals surface area contributed by atoms with Crippen molar-refractivity contribution in [2.75, 3.05) is 6.61 Å². The fraction of sp³-hybridized carbons (Fsp3) is 0.500. The number of nitrogens with zero attached hydrogens (tertiary/aromatic N) is 2. The molecule has 1 N–H and O–H groups in total. The Morgan fingerprint density at radius 3 is 2.90 bits per heavy atom. The number of carbonyl (C=O) groups is 1. The van der Waals surface area contributed by atoms with E-state index in [4.69, 9.17) is 4.74 Å². The third-order valence-corrected chi connectivity index (χ3v) is 4.65. The quantitative estimate of drug-likeness (QED) is 0.939. The Balaban J connectivity index is 2.05. The highest BCUT2D eigenvalue weighted by atomic mass is 16.5. The second-order valence-corrected chi connectivity index (χ2v) is 6.15. The van der Waals surface area contributed by atoms with Gasteiger partial charge in [0.15, 0.2) is 0 Å². The van der Waals surface area contributed by atoms with E-state index < -0.39 is 5.97 Å². The highest BCUT2D eigenvalue weighted by molar-refractivity contribution is 6.01. The first-order chi connectivity index (χ1) is 9.96. The molecule has 112 valence electrons. The highest BCUT2D eigenvalue weighted by Gasteiger charge is 2.50. The first-order valence-electron chi connectivity index (χ1n) is 7.27. The summed E-state index contributed by atoms with van der Waals surface area (Å²) in [5.74, 6) is -0.916. The van der Waals surface area contributed by atoms with Crippen molar-refractivity contribution < 1.29 is 14.6 Å². The molecule has 0 amide bonds. The lowest BCUT2D eigenvalue weighted by atomic mass is 9.64. The van der Waals surface area contributed by atoms with Gasteiger partial charge in [-0.05, 0) is 25.5 Å². The maximum Gasteiger partial charge on any atom is 0.337 e. The van der Waals surface area contributed by atoms with Gasteiger partial charge in [-0.15, -0.1) is 0 Å². The van der Waals surface area contributed by atoms with Gasteiger partial charge in [-0.25, -0.2) is 9.78 Å². The van der Waals surface area contributed by atoms with Gasteiger partial charge in [-0.2, -0.15) is 0 Å². The summed E-state index contributed by atoms with van der Waals surface area (Å²) in [4.78, 5) is 15.8. The van der Waals surface area contributed by atoms with Gasteiger partial charge in [0.2, 0.25) is 0 Å². The third-order valence-electron chi connectivity index (χ3n) is 4.65. The number of imidazole rings is 1. The van der Waals surface area contributed by atoms with Crippen molar-refractivity contribution in [2.45, 2.75) is 39.3 Å². The molecule has 2 aromatic rings. The zero-order valence-electron chi connectivity index (χ0n) is 12.5. The van der Waals surface area contributed by atoms with Crippen LogP contribution in [-0.4, -0.2) is 33.3 Å². The van der Waals surface area contributed by atoms with Crippen molar-refractivity contribution in [3.05, 3.63) is 30.1 Å². The summed E-state index contributed by atoms with van der Waals surface area (Å²) in [5.41, 5.74) is 1.71. The third kappa shape index (κ3) is 2.03. The standard InChI is InChI=1S/C16H20N2O3/c1-4-21-13-8-12(16(13,2)3)18-9-17-11-7-5-6-10(14(11)18)15(19)20/h5-7,9,12-13H,4,8H2,1-3H3,(H,19,20). The zero-order chi connectivity index (χ0) is 15.2. The molecule has 5 nitrogen and oxygen atoms in total. The first kappa shape index (κ1) is 14.1. The van der Waals surface area contributed by atoms with Crippen LogP contribution in [-0.2, 0) is 4.74 Å². The number of ether oxygens (including phenoxy) is 1. The van der Waals surface area contributed by atoms with E-state index in [9.17, 15) is 9.90 Å². The summed E-state index contributed by atoms with van der Waals surface area (Å²) < 4.78 is 7.77. The minimum absolute atomic E-state index is 0.0325. The number of carboxylic acid groups (broad SMARTS) is 1. The normalized spacial score (nSPS) is 24.0. The van der Waals surface area contributed by atoms with Crippen LogP contribution >= 0.6 is 0 Å². The van der Waals surface area contributed by atoms with Crippen LogP contribution in [0.5, 0.6) is 0 Å². The number of hydrogen-bond acceptors (Lipinski definition) is 3. The lowest BCUT2D eigenvalue weighted by Crippen LogP contribution is -2.51. The molecule has 0 spiro atoms. The van der Waals surface area contributed by atoms with Crippen LogP contribution in [0.15, 0.2) is 24.5 Å². The molecular formula is C16H20N2O3. The number of benzene rings is 1. The molecule has 2 unspecified atom stereocenters. The molecule has 1 aromatic heterocycles. The lowest BCUT2D eigenvalue weighted by molar-refractivity contribution is -0.126. The molecule has 0 aliphatic heterocycles. The molecule has 21 heavy (non-hydrogen) atoms. The van der Waals surface area contributed by atoms with Gasteiger partial charge in [-0.1, -0.05) is 19.9 Å². The van der Waals surface area contributed by atoms with Crippen LogP contribution < -0.4 is 0 Å². The average molecular weight is 288 g/mol. The van der Waals surface area contributed by atoms with Crippen LogP contribution in [0.3, 0.4) is 0 Å². The van der Waals surface area contributed by atoms with Crippen LogP contribution in [0.2, 0.25) is 0 Å². The Labute approximate surface area is 123 Å². The van der Waals surface area contributed by atoms with Gasteiger partial charge >= 0.3 is 5.97 Å². The summed E-state index contributed by atoms with van der Waals surface area (Å²) >= 11 is 0. The Morgan fingerprint density at radius 2 is 2.29 bits per heavy atom. The molecule has 3 rings (SSSR count). The topological polar surface area (TPSA) is 64.4 Å². The maximum absolute atomic E-state index is 11.5. The summed E-state index contributed by atoms with van der Waals surface area (Å²) in [6, 6.07) is 5.43. The van der Waals surface area contributed by atoms with Crippen molar-refractivity contribution >= 4 is 17.0 Å². The molecule has 1 aromatic carbocycles. The number of carboxylic acids is 1. The summed E-state index contributed by atoms with van der Waals surface area (Å²) in [7, 11) is 0. The van der Waals surface area contributed by atoms with E-state index in [1.807, 2.05) is 17.6 Å². The zero-order valence-corrected chi connectivity index (χ0v) is 12.5. The molecule has 0 radical (unpaired) electrons. The SMILES string of the molecule is CCOC1CC(n2cnc3cccc(C(=O)O)c32)C1(C)C. The lowest BCUT2D eigenvalue weighted by Gasteiger charge is -2.52. The van der Waals surface area contributed by atoms with Crippen LogP contribution in [0.1, 0.15) is 43.6 Å². The molecule has 1 saturated carbocycles. The number of hydrogen-bond donors (Lipinski definition) is 1. The monoisotopic (exact) mass is 288 g/mol. The highest BCUT2D eigenvalue weighted by Crippen LogP contribution is 2.52. The minimum Gasteiger partial charge on any atom is -0.478 e. The number of aromatic carboxylic acids is 1. The second kappa shape index (κ2) is 4.84. The van der Waals surface area contributed by atoms with E-state index in [0.29, 0.717) is 17.7 Å². The molecule has 1 aliphatic carbocycles. The van der Waals surface area contributed by atoms with Crippen LogP contribution in [0.4, 0.5) is 0 Å². The molecule has 0 bridgehead atoms. The van der Waals surface area contributed by atoms with Crippen molar-refractivity contribution in [1.82, 2.24) is 9.55 Å². The summed E-state index contributed by atoms with van der Waals surface area (Å²) in [6.07, 6.45) is 2.85. The molecule has 1 aliphatic rings. The van der Waals surface area contributed by atoms with Gasteiger partial charge in [0.1, 0.15) is 0 Å². The van der Waals surface area contributed by atoms with Crippen LogP contribution in [0.25, 0.3) is 11.0 Å². The first-order valence-corrected chi connectivity index (χ1v) is 7.27. The fourth-order valence-electron chi connectivity index (χ4n) is 3.32. The van der Waals surface area contributed by atoms with Crippen molar-refractivity contribution in [3.8, 4) is 0 Å². The predicted molar refractivity (Wildman–Crippen MR) is 79.5 cm³/mol. The number of rotatable bonds is 4. The largest absolute Gasteiger partial charge is 0.478 e. The van der Waals surface area contributed by atoms with Gasteiger partial charge in [0, 0.05) is 18.1 Å². The molecule has 1 heterocycles. The molecule has 0 saturated heterocycles. The fourth-order valence-corrected chi connectivity index (χ4v) is 3.32. The van der Waals surface area contributed by atoms with Gasteiger partial charge < -0.3 is 14.4 Å². The van der Waals surface area contributed by atoms with Gasteiger partial charge in [-0.3, -0.25) is 0 Å². The Morgan fingerprint density at radius 1 is 1.52 bits per heavy atom. The minimum atomic E-state index is -0.916. The number of aromatic nitrogens is 2. The van der Waals surface area contributed by atoms with E-state index in [0.717, 1.165) is 11.9 Å². The molecule has 5 heteroatoms. The Hall–Kier alpha value is -1.88. The summed E-state index contributed by atoms with van der Waals surface area (Å²) in [5, 5.41) is 9.40. The number of fused-ring (bicyclic) bond motifs is 1. The molecular weight excluding hydrogens is 268 g/mol. The van der Waals surface area contributed by atoms with E-state index in [1.165, 1.54) is 0 Å².